The number of para-hydroxylation sites is 1. The number of fused-ring (bicyclic) bond motifs is 3. The second-order valence-electron chi connectivity index (χ2n) is 10.4. The van der Waals surface area contributed by atoms with Crippen LogP contribution in [0.25, 0.3) is 0 Å². The van der Waals surface area contributed by atoms with Gasteiger partial charge in [-0.3, -0.25) is 9.59 Å². The van der Waals surface area contributed by atoms with Crippen LogP contribution >= 0.6 is 0 Å². The maximum Gasteiger partial charge on any atom is 0.238 e. The molecular formula is C28H32N2O6. The molecule has 190 valence electrons. The molecule has 0 bridgehead atoms. The molecule has 3 fully saturated rings. The number of hydrogen-bond acceptors (Lipinski definition) is 7. The van der Waals surface area contributed by atoms with Gasteiger partial charge in [0.2, 0.25) is 11.8 Å². The minimum absolute atomic E-state index is 0.197. The summed E-state index contributed by atoms with van der Waals surface area (Å²) in [4.78, 5) is 33.9. The zero-order valence-electron chi connectivity index (χ0n) is 20.5. The van der Waals surface area contributed by atoms with Gasteiger partial charge in [-0.2, -0.15) is 0 Å². The van der Waals surface area contributed by atoms with Crippen molar-refractivity contribution >= 4 is 23.2 Å². The zero-order valence-corrected chi connectivity index (χ0v) is 20.5. The molecular weight excluding hydrogens is 460 g/mol. The summed E-state index contributed by atoms with van der Waals surface area (Å²) in [5, 5.41) is 25.9. The van der Waals surface area contributed by atoms with Gasteiger partial charge in [-0.05, 0) is 43.0 Å². The van der Waals surface area contributed by atoms with E-state index in [4.69, 9.17) is 9.57 Å². The van der Waals surface area contributed by atoms with E-state index in [1.807, 2.05) is 44.2 Å². The number of aliphatic hydroxyl groups is 2. The fourth-order valence-electron chi connectivity index (χ4n) is 5.81. The van der Waals surface area contributed by atoms with E-state index in [9.17, 15) is 19.8 Å². The molecule has 1 saturated heterocycles. The van der Waals surface area contributed by atoms with Gasteiger partial charge in [0, 0.05) is 24.3 Å². The largest absolute Gasteiger partial charge is 0.457 e. The van der Waals surface area contributed by atoms with Gasteiger partial charge < -0.3 is 19.8 Å². The number of hydrogen-bond donors (Lipinski definition) is 2. The maximum atomic E-state index is 13.7. The topological polar surface area (TPSA) is 109 Å². The smallest absolute Gasteiger partial charge is 0.238 e. The summed E-state index contributed by atoms with van der Waals surface area (Å²) in [5.74, 6) is -1.27. The molecule has 2 N–H and O–H groups in total. The van der Waals surface area contributed by atoms with Crippen molar-refractivity contribution in [2.45, 2.75) is 45.3 Å². The second kappa shape index (κ2) is 10.0. The lowest BCUT2D eigenvalue weighted by atomic mass is 9.60. The zero-order chi connectivity index (χ0) is 25.4. The lowest BCUT2D eigenvalue weighted by Crippen LogP contribution is -2.54. The van der Waals surface area contributed by atoms with Crippen LogP contribution in [-0.2, 0) is 14.4 Å². The van der Waals surface area contributed by atoms with E-state index in [0.717, 1.165) is 0 Å². The maximum absolute atomic E-state index is 13.7. The summed E-state index contributed by atoms with van der Waals surface area (Å²) in [6.07, 6.45) is -0.868. The number of carbonyl (C=O) groups is 2. The normalized spacial score (nSPS) is 30.9. The number of nitrogens with zero attached hydrogens (tertiary/aromatic N) is 2. The monoisotopic (exact) mass is 492 g/mol. The lowest BCUT2D eigenvalue weighted by Gasteiger charge is -2.45. The van der Waals surface area contributed by atoms with Crippen molar-refractivity contribution in [1.82, 2.24) is 0 Å². The highest BCUT2D eigenvalue weighted by atomic mass is 16.6. The predicted molar refractivity (Wildman–Crippen MR) is 134 cm³/mol. The van der Waals surface area contributed by atoms with Gasteiger partial charge in [-0.15, -0.1) is 0 Å². The van der Waals surface area contributed by atoms with Crippen LogP contribution in [-0.4, -0.2) is 46.6 Å². The van der Waals surface area contributed by atoms with Crippen molar-refractivity contribution in [1.29, 1.82) is 0 Å². The molecule has 5 rings (SSSR count). The van der Waals surface area contributed by atoms with Gasteiger partial charge in [0.15, 0.2) is 0 Å². The third-order valence-corrected chi connectivity index (χ3v) is 7.42. The summed E-state index contributed by atoms with van der Waals surface area (Å²) in [6, 6.07) is 16.2. The molecule has 0 aromatic heterocycles. The van der Waals surface area contributed by atoms with Gasteiger partial charge in [-0.25, -0.2) is 4.90 Å². The lowest BCUT2D eigenvalue weighted by molar-refractivity contribution is -0.132. The number of amides is 2. The van der Waals surface area contributed by atoms with Crippen molar-refractivity contribution in [2.75, 3.05) is 11.5 Å². The molecule has 2 aromatic carbocycles. The number of carbonyl (C=O) groups excluding carboxylic acids is 2. The Kier molecular flexibility index (Phi) is 6.81. The molecule has 2 amide bonds. The summed E-state index contributed by atoms with van der Waals surface area (Å²) in [5.41, 5.74) is 1.10. The summed E-state index contributed by atoms with van der Waals surface area (Å²) in [7, 11) is 0. The summed E-state index contributed by atoms with van der Waals surface area (Å²) >= 11 is 0. The van der Waals surface area contributed by atoms with Crippen molar-refractivity contribution < 1.29 is 29.4 Å². The average Bonchev–Trinajstić information content (AvgIpc) is 3.12. The number of rotatable bonds is 6. The van der Waals surface area contributed by atoms with Crippen molar-refractivity contribution in [3.63, 3.8) is 0 Å². The first-order chi connectivity index (χ1) is 17.3. The SMILES string of the molecule is CC(C)CO/N=C1\C[C@@H](O)[C@@H](O)[C@@H]2[C@@H]3C(=O)N(c4cccc(Oc5ccccc5)c4)C(=O)[C@@H]3CC[C@@H]12. The van der Waals surface area contributed by atoms with Crippen molar-refractivity contribution in [3.05, 3.63) is 54.6 Å². The minimum Gasteiger partial charge on any atom is -0.457 e. The van der Waals surface area contributed by atoms with Gasteiger partial charge in [0.25, 0.3) is 0 Å². The first-order valence-electron chi connectivity index (χ1n) is 12.6. The molecule has 36 heavy (non-hydrogen) atoms. The average molecular weight is 493 g/mol. The van der Waals surface area contributed by atoms with E-state index in [0.29, 0.717) is 48.3 Å². The number of benzene rings is 2. The van der Waals surface area contributed by atoms with Gasteiger partial charge in [-0.1, -0.05) is 43.3 Å². The van der Waals surface area contributed by atoms with Gasteiger partial charge >= 0.3 is 0 Å². The molecule has 6 atom stereocenters. The molecule has 2 aliphatic carbocycles. The predicted octanol–water partition coefficient (Wildman–Crippen LogP) is 3.76. The van der Waals surface area contributed by atoms with Crippen LogP contribution in [0.2, 0.25) is 0 Å². The highest BCUT2D eigenvalue weighted by molar-refractivity contribution is 6.22. The van der Waals surface area contributed by atoms with Crippen molar-refractivity contribution in [2.24, 2.45) is 34.7 Å². The number of aliphatic hydroxyl groups excluding tert-OH is 2. The van der Waals surface area contributed by atoms with Crippen LogP contribution in [0.1, 0.15) is 33.1 Å². The van der Waals surface area contributed by atoms with Gasteiger partial charge in [0.1, 0.15) is 18.1 Å². The fraction of sp³-hybridized carbons (Fsp3) is 0.464. The number of imide groups is 1. The van der Waals surface area contributed by atoms with E-state index < -0.39 is 30.0 Å². The first kappa shape index (κ1) is 24.5. The number of anilines is 1. The van der Waals surface area contributed by atoms with Crippen molar-refractivity contribution in [3.8, 4) is 11.5 Å². The molecule has 2 aromatic rings. The molecule has 2 saturated carbocycles. The van der Waals surface area contributed by atoms with E-state index in [2.05, 4.69) is 5.16 Å². The van der Waals surface area contributed by atoms with E-state index in [1.165, 1.54) is 4.90 Å². The van der Waals surface area contributed by atoms with Crippen LogP contribution in [0.3, 0.4) is 0 Å². The number of oxime groups is 1. The Bertz CT molecular complexity index is 1150. The van der Waals surface area contributed by atoms with E-state index in [1.54, 1.807) is 24.3 Å². The molecule has 1 heterocycles. The molecule has 0 radical (unpaired) electrons. The first-order valence-corrected chi connectivity index (χ1v) is 12.6. The van der Waals surface area contributed by atoms with Crippen LogP contribution in [0.4, 0.5) is 5.69 Å². The Morgan fingerprint density at radius 2 is 1.69 bits per heavy atom. The Hall–Kier alpha value is -3.23. The van der Waals surface area contributed by atoms with Crippen LogP contribution in [0.15, 0.2) is 59.8 Å². The molecule has 0 spiro atoms. The standard InChI is InChI=1S/C28H32N2O6/c1-16(2)15-35-29-22-14-23(31)26(32)24-20(22)11-12-21-25(24)28(34)30(27(21)33)17-7-6-10-19(13-17)36-18-8-4-3-5-9-18/h3-10,13,16,20-21,23-26,31-32H,11-12,14-15H2,1-2H3/b29-22+/t20-,21+,23+,24-,25+,26+/m0/s1. The van der Waals surface area contributed by atoms with Crippen LogP contribution in [0.5, 0.6) is 11.5 Å². The third-order valence-electron chi connectivity index (χ3n) is 7.42. The number of ether oxygens (including phenoxy) is 1. The Morgan fingerprint density at radius 3 is 2.44 bits per heavy atom. The quantitative estimate of drug-likeness (QED) is 0.470. The Morgan fingerprint density at radius 1 is 0.972 bits per heavy atom. The molecule has 8 heteroatoms. The second-order valence-corrected chi connectivity index (χ2v) is 10.4. The highest BCUT2D eigenvalue weighted by Crippen LogP contribution is 2.50. The molecule has 0 unspecified atom stereocenters. The van der Waals surface area contributed by atoms with E-state index in [-0.39, 0.29) is 24.2 Å². The Labute approximate surface area is 210 Å². The fourth-order valence-corrected chi connectivity index (χ4v) is 5.81. The molecule has 8 nitrogen and oxygen atoms in total. The minimum atomic E-state index is -1.11. The summed E-state index contributed by atoms with van der Waals surface area (Å²) in [6.45, 7) is 4.48. The van der Waals surface area contributed by atoms with E-state index >= 15 is 0 Å². The Balaban J connectivity index is 1.42. The molecule has 3 aliphatic rings. The third kappa shape index (κ3) is 4.51. The highest BCUT2D eigenvalue weighted by Gasteiger charge is 2.60. The van der Waals surface area contributed by atoms with Gasteiger partial charge in [0.05, 0.1) is 35.4 Å². The van der Waals surface area contributed by atoms with Crippen LogP contribution < -0.4 is 9.64 Å². The molecule has 1 aliphatic heterocycles. The van der Waals surface area contributed by atoms with Crippen LogP contribution in [0, 0.1) is 29.6 Å². The summed E-state index contributed by atoms with van der Waals surface area (Å²) < 4.78 is 5.90.